The molecular weight excluding hydrogens is 234 g/mol. The number of non-ortho nitro benzene ring substituents is 1. The van der Waals surface area contributed by atoms with Crippen LogP contribution >= 0.6 is 0 Å². The average molecular weight is 240 g/mol. The van der Waals surface area contributed by atoms with Crippen LogP contribution in [0.5, 0.6) is 5.75 Å². The van der Waals surface area contributed by atoms with Gasteiger partial charge in [-0.25, -0.2) is 0 Å². The predicted molar refractivity (Wildman–Crippen MR) is 53.5 cm³/mol. The van der Waals surface area contributed by atoms with Gasteiger partial charge < -0.3 is 10.4 Å². The normalized spacial score (nSPS) is 9.71. The van der Waals surface area contributed by atoms with Crippen LogP contribution in [-0.4, -0.2) is 15.8 Å². The minimum atomic E-state index is -1.07. The number of amides is 1. The van der Waals surface area contributed by atoms with Crippen molar-refractivity contribution in [3.63, 3.8) is 0 Å². The summed E-state index contributed by atoms with van der Waals surface area (Å²) in [7, 11) is 0. The minimum Gasteiger partial charge on any atom is -0.866 e. The molecule has 0 atom stereocenters. The molecule has 0 aliphatic heterocycles. The Kier molecular flexibility index (Phi) is 3.22. The van der Waals surface area contributed by atoms with Crippen LogP contribution in [0.1, 0.15) is 6.92 Å². The van der Waals surface area contributed by atoms with E-state index in [0.717, 1.165) is 13.0 Å². The van der Waals surface area contributed by atoms with E-state index in [4.69, 9.17) is 0 Å². The van der Waals surface area contributed by atoms with E-state index in [1.807, 2.05) is 5.32 Å². The third-order valence-electron chi connectivity index (χ3n) is 1.77. The maximum atomic E-state index is 11.4. The van der Waals surface area contributed by atoms with Gasteiger partial charge in [-0.1, -0.05) is 0 Å². The summed E-state index contributed by atoms with van der Waals surface area (Å²) >= 11 is 0. The van der Waals surface area contributed by atoms with Gasteiger partial charge in [-0.3, -0.25) is 25.0 Å². The maximum absolute atomic E-state index is 11.4. The summed E-state index contributed by atoms with van der Waals surface area (Å²) in [5.74, 6) is -1.73. The number of carbonyl (C=O) groups excluding carboxylic acids is 1. The second-order valence-electron chi connectivity index (χ2n) is 3.04. The van der Waals surface area contributed by atoms with Crippen molar-refractivity contribution in [2.45, 2.75) is 6.92 Å². The van der Waals surface area contributed by atoms with Gasteiger partial charge in [-0.15, -0.1) is 0 Å². The van der Waals surface area contributed by atoms with Crippen LogP contribution in [0.15, 0.2) is 12.1 Å². The summed E-state index contributed by atoms with van der Waals surface area (Å²) in [5.41, 5.74) is -2.08. The Labute approximate surface area is 94.0 Å². The first-order valence-electron chi connectivity index (χ1n) is 4.24. The zero-order chi connectivity index (χ0) is 13.2. The molecule has 0 aliphatic carbocycles. The van der Waals surface area contributed by atoms with Crippen LogP contribution in [0.3, 0.4) is 0 Å². The smallest absolute Gasteiger partial charge is 0.278 e. The summed E-state index contributed by atoms with van der Waals surface area (Å²) in [6, 6.07) is 1.32. The largest absolute Gasteiger partial charge is 0.866 e. The summed E-state index contributed by atoms with van der Waals surface area (Å²) < 4.78 is 0. The fourth-order valence-electron chi connectivity index (χ4n) is 1.12. The molecule has 0 spiro atoms. The fraction of sp³-hybridized carbons (Fsp3) is 0.125. The van der Waals surface area contributed by atoms with Gasteiger partial charge in [-0.2, -0.15) is 0 Å². The number of nitrogens with one attached hydrogen (secondary N) is 1. The zero-order valence-electron chi connectivity index (χ0n) is 8.50. The van der Waals surface area contributed by atoms with Crippen LogP contribution in [0, 0.1) is 20.2 Å². The summed E-state index contributed by atoms with van der Waals surface area (Å²) in [6.07, 6.45) is 0. The molecule has 0 fully saturated rings. The predicted octanol–water partition coefficient (Wildman–Crippen LogP) is 0.535. The average Bonchev–Trinajstić information content (AvgIpc) is 2.19. The first-order chi connectivity index (χ1) is 7.82. The molecule has 17 heavy (non-hydrogen) atoms. The van der Waals surface area contributed by atoms with Crippen LogP contribution in [-0.2, 0) is 4.79 Å². The second-order valence-corrected chi connectivity index (χ2v) is 3.04. The van der Waals surface area contributed by atoms with Crippen molar-refractivity contribution >= 4 is 23.0 Å². The van der Waals surface area contributed by atoms with Crippen LogP contribution < -0.4 is 10.4 Å². The number of nitro benzene ring substituents is 2. The quantitative estimate of drug-likeness (QED) is 0.603. The van der Waals surface area contributed by atoms with E-state index in [1.54, 1.807) is 0 Å². The molecule has 1 aromatic carbocycles. The molecule has 0 unspecified atom stereocenters. The number of nitro groups is 2. The molecule has 9 heteroatoms. The van der Waals surface area contributed by atoms with Crippen LogP contribution in [0.2, 0.25) is 0 Å². The van der Waals surface area contributed by atoms with Crippen molar-refractivity contribution < 1.29 is 19.7 Å². The second kappa shape index (κ2) is 4.43. The van der Waals surface area contributed by atoms with E-state index in [9.17, 15) is 30.1 Å². The third kappa shape index (κ3) is 2.65. The van der Waals surface area contributed by atoms with E-state index < -0.39 is 38.6 Å². The molecule has 0 aliphatic rings. The Hall–Kier alpha value is -2.71. The molecule has 9 nitrogen and oxygen atoms in total. The third-order valence-corrected chi connectivity index (χ3v) is 1.77. The van der Waals surface area contributed by atoms with Crippen molar-refractivity contribution in [1.29, 1.82) is 0 Å². The standard InChI is InChI=1S/C8H7N3O6/c1-4(12)9-6-2-5(10(14)15)3-7(8(6)13)11(16)17/h2-3,13H,1H3,(H,9,12)/p-1. The van der Waals surface area contributed by atoms with Gasteiger partial charge >= 0.3 is 0 Å². The summed E-state index contributed by atoms with van der Waals surface area (Å²) in [5, 5.41) is 34.4. The molecule has 0 saturated heterocycles. The van der Waals surface area contributed by atoms with Gasteiger partial charge in [-0.05, 0) is 5.75 Å². The van der Waals surface area contributed by atoms with E-state index in [1.165, 1.54) is 0 Å². The molecule has 0 radical (unpaired) electrons. The molecule has 1 rings (SSSR count). The number of carbonyl (C=O) groups is 1. The van der Waals surface area contributed by atoms with E-state index >= 15 is 0 Å². The lowest BCUT2D eigenvalue weighted by molar-refractivity contribution is -0.403. The zero-order valence-corrected chi connectivity index (χ0v) is 8.50. The molecule has 0 aromatic heterocycles. The van der Waals surface area contributed by atoms with E-state index in [2.05, 4.69) is 0 Å². The molecule has 1 aromatic rings. The Balaban J connectivity index is 3.42. The van der Waals surface area contributed by atoms with Gasteiger partial charge in [0.25, 0.3) is 11.4 Å². The highest BCUT2D eigenvalue weighted by molar-refractivity contribution is 5.91. The number of hydrogen-bond donors (Lipinski definition) is 1. The number of hydrogen-bond acceptors (Lipinski definition) is 6. The molecule has 0 heterocycles. The molecule has 0 saturated carbocycles. The van der Waals surface area contributed by atoms with Gasteiger partial charge in [0.1, 0.15) is 0 Å². The highest BCUT2D eigenvalue weighted by Crippen LogP contribution is 2.35. The Morgan fingerprint density at radius 1 is 1.24 bits per heavy atom. The SMILES string of the molecule is CC(=O)Nc1cc([N+](=O)[O-])cc([N+](=O)[O-])c1[O-]. The topological polar surface area (TPSA) is 138 Å². The van der Waals surface area contributed by atoms with Crippen molar-refractivity contribution in [2.24, 2.45) is 0 Å². The number of nitrogens with zero attached hydrogens (tertiary/aromatic N) is 2. The Morgan fingerprint density at radius 2 is 1.82 bits per heavy atom. The minimum absolute atomic E-state index is 0.488. The monoisotopic (exact) mass is 240 g/mol. The molecule has 1 amide bonds. The number of anilines is 1. The van der Waals surface area contributed by atoms with Crippen LogP contribution in [0.25, 0.3) is 0 Å². The molecule has 0 bridgehead atoms. The first-order valence-corrected chi connectivity index (χ1v) is 4.24. The van der Waals surface area contributed by atoms with E-state index in [0.29, 0.717) is 6.07 Å². The van der Waals surface area contributed by atoms with Crippen molar-refractivity contribution in [2.75, 3.05) is 5.32 Å². The molecule has 90 valence electrons. The lowest BCUT2D eigenvalue weighted by atomic mass is 10.2. The highest BCUT2D eigenvalue weighted by Gasteiger charge is 2.19. The number of benzene rings is 1. The van der Waals surface area contributed by atoms with Gasteiger partial charge in [0.15, 0.2) is 0 Å². The lowest BCUT2D eigenvalue weighted by Gasteiger charge is -2.13. The van der Waals surface area contributed by atoms with Crippen molar-refractivity contribution in [1.82, 2.24) is 0 Å². The van der Waals surface area contributed by atoms with E-state index in [-0.39, 0.29) is 0 Å². The lowest BCUT2D eigenvalue weighted by Crippen LogP contribution is -2.10. The Morgan fingerprint density at radius 3 is 2.24 bits per heavy atom. The summed E-state index contributed by atoms with van der Waals surface area (Å²) in [6.45, 7) is 1.07. The van der Waals surface area contributed by atoms with Gasteiger partial charge in [0, 0.05) is 18.7 Å². The number of rotatable bonds is 3. The summed E-state index contributed by atoms with van der Waals surface area (Å²) in [4.78, 5) is 29.8. The highest BCUT2D eigenvalue weighted by atomic mass is 16.6. The first kappa shape index (κ1) is 12.4. The van der Waals surface area contributed by atoms with Crippen LogP contribution in [0.4, 0.5) is 17.1 Å². The Bertz CT molecular complexity index is 512. The van der Waals surface area contributed by atoms with Gasteiger partial charge in [0.2, 0.25) is 5.91 Å². The van der Waals surface area contributed by atoms with Gasteiger partial charge in [0.05, 0.1) is 15.9 Å². The maximum Gasteiger partial charge on any atom is 0.278 e. The fourth-order valence-corrected chi connectivity index (χ4v) is 1.12. The molecule has 1 N–H and O–H groups in total. The molecular formula is C8H6N3O6-. The van der Waals surface area contributed by atoms with Crippen molar-refractivity contribution in [3.05, 3.63) is 32.4 Å². The van der Waals surface area contributed by atoms with Crippen molar-refractivity contribution in [3.8, 4) is 5.75 Å².